The van der Waals surface area contributed by atoms with Gasteiger partial charge in [-0.15, -0.1) is 0 Å². The van der Waals surface area contributed by atoms with Gasteiger partial charge in [0.2, 0.25) is 10.0 Å². The molecule has 94 valence electrons. The molecule has 7 heteroatoms. The second kappa shape index (κ2) is 5.76. The van der Waals surface area contributed by atoms with Gasteiger partial charge >= 0.3 is 0 Å². The Labute approximate surface area is 100 Å². The van der Waals surface area contributed by atoms with E-state index in [-0.39, 0.29) is 10.8 Å². The van der Waals surface area contributed by atoms with Crippen molar-refractivity contribution in [3.8, 4) is 0 Å². The summed E-state index contributed by atoms with van der Waals surface area (Å²) in [7, 11) is -2.13. The molecule has 0 heterocycles. The fraction of sp³-hybridized carbons (Fsp3) is 0.300. The molecule has 0 aliphatic heterocycles. The first-order chi connectivity index (χ1) is 8.01. The van der Waals surface area contributed by atoms with Crippen molar-refractivity contribution in [3.05, 3.63) is 29.8 Å². The molecule has 1 amide bonds. The number of nitrogens with one attached hydrogen (secondary N) is 2. The molecule has 1 rings (SSSR count). The summed E-state index contributed by atoms with van der Waals surface area (Å²) in [6.07, 6.45) is 0. The minimum Gasteiger partial charge on any atom is -0.351 e. The van der Waals surface area contributed by atoms with Crippen LogP contribution >= 0.6 is 0 Å². The topological polar surface area (TPSA) is 101 Å². The number of hydrogen-bond acceptors (Lipinski definition) is 4. The molecule has 0 aromatic heterocycles. The lowest BCUT2D eigenvalue weighted by Gasteiger charge is -2.05. The lowest BCUT2D eigenvalue weighted by molar-refractivity contribution is 0.0954. The van der Waals surface area contributed by atoms with Crippen LogP contribution in [0.15, 0.2) is 29.2 Å². The summed E-state index contributed by atoms with van der Waals surface area (Å²) >= 11 is 0. The Morgan fingerprint density at radius 1 is 1.29 bits per heavy atom. The van der Waals surface area contributed by atoms with Gasteiger partial charge in [0.05, 0.1) is 4.90 Å². The fourth-order valence-corrected chi connectivity index (χ4v) is 1.92. The fourth-order valence-electron chi connectivity index (χ4n) is 1.19. The molecule has 6 nitrogen and oxygen atoms in total. The van der Waals surface area contributed by atoms with Gasteiger partial charge in [-0.1, -0.05) is 0 Å². The molecule has 0 bridgehead atoms. The van der Waals surface area contributed by atoms with E-state index < -0.39 is 10.0 Å². The van der Waals surface area contributed by atoms with Crippen molar-refractivity contribution in [2.45, 2.75) is 4.90 Å². The predicted octanol–water partition coefficient (Wildman–Crippen LogP) is -0.717. The molecule has 0 radical (unpaired) electrons. The van der Waals surface area contributed by atoms with E-state index in [4.69, 9.17) is 5.73 Å². The third kappa shape index (κ3) is 3.52. The van der Waals surface area contributed by atoms with Crippen LogP contribution in [0, 0.1) is 0 Å². The molecular weight excluding hydrogens is 242 g/mol. The third-order valence-corrected chi connectivity index (χ3v) is 3.56. The zero-order valence-electron chi connectivity index (χ0n) is 9.43. The molecule has 0 saturated heterocycles. The molecule has 0 saturated carbocycles. The number of sulfonamides is 1. The van der Waals surface area contributed by atoms with Crippen molar-refractivity contribution < 1.29 is 13.2 Å². The minimum atomic E-state index is -3.46. The minimum absolute atomic E-state index is 0.121. The maximum absolute atomic E-state index is 11.5. The van der Waals surface area contributed by atoms with Crippen LogP contribution in [0.1, 0.15) is 10.4 Å². The van der Waals surface area contributed by atoms with Gasteiger partial charge in [0.15, 0.2) is 0 Å². The molecule has 1 aromatic rings. The third-order valence-electron chi connectivity index (χ3n) is 2.13. The Morgan fingerprint density at radius 3 is 2.35 bits per heavy atom. The summed E-state index contributed by atoms with van der Waals surface area (Å²) < 4.78 is 25.0. The van der Waals surface area contributed by atoms with E-state index in [0.29, 0.717) is 18.7 Å². The van der Waals surface area contributed by atoms with E-state index in [1.165, 1.54) is 31.3 Å². The van der Waals surface area contributed by atoms with Crippen LogP contribution in [0.2, 0.25) is 0 Å². The highest BCUT2D eigenvalue weighted by Crippen LogP contribution is 2.09. The molecule has 17 heavy (non-hydrogen) atoms. The molecule has 0 fully saturated rings. The van der Waals surface area contributed by atoms with Gasteiger partial charge < -0.3 is 11.1 Å². The van der Waals surface area contributed by atoms with Gasteiger partial charge in [-0.3, -0.25) is 4.79 Å². The lowest BCUT2D eigenvalue weighted by atomic mass is 10.2. The number of hydrogen-bond donors (Lipinski definition) is 3. The average molecular weight is 257 g/mol. The van der Waals surface area contributed by atoms with Gasteiger partial charge in [0.1, 0.15) is 0 Å². The quantitative estimate of drug-likeness (QED) is 0.648. The molecule has 0 aliphatic rings. The Balaban J connectivity index is 2.85. The highest BCUT2D eigenvalue weighted by molar-refractivity contribution is 7.89. The Hall–Kier alpha value is -1.44. The SMILES string of the molecule is CNS(=O)(=O)c1ccc(C(=O)NCCN)cc1. The van der Waals surface area contributed by atoms with Crippen molar-refractivity contribution in [3.63, 3.8) is 0 Å². The normalized spacial score (nSPS) is 11.2. The number of carbonyl (C=O) groups excluding carboxylic acids is 1. The molecule has 0 spiro atoms. The van der Waals surface area contributed by atoms with Gasteiger partial charge in [0, 0.05) is 18.7 Å². The molecular formula is C10H15N3O3S. The van der Waals surface area contributed by atoms with Crippen LogP contribution in [-0.4, -0.2) is 34.5 Å². The number of benzene rings is 1. The maximum atomic E-state index is 11.5. The molecule has 4 N–H and O–H groups in total. The molecule has 0 aliphatic carbocycles. The van der Waals surface area contributed by atoms with E-state index >= 15 is 0 Å². The predicted molar refractivity (Wildman–Crippen MR) is 64.1 cm³/mol. The number of amides is 1. The lowest BCUT2D eigenvalue weighted by Crippen LogP contribution is -2.29. The van der Waals surface area contributed by atoms with Gasteiger partial charge in [-0.2, -0.15) is 0 Å². The zero-order valence-corrected chi connectivity index (χ0v) is 10.3. The van der Waals surface area contributed by atoms with Crippen molar-refractivity contribution in [1.29, 1.82) is 0 Å². The van der Waals surface area contributed by atoms with Gasteiger partial charge in [-0.05, 0) is 31.3 Å². The van der Waals surface area contributed by atoms with E-state index in [0.717, 1.165) is 0 Å². The zero-order chi connectivity index (χ0) is 12.9. The molecule has 0 atom stereocenters. The van der Waals surface area contributed by atoms with Crippen LogP contribution in [0.4, 0.5) is 0 Å². The smallest absolute Gasteiger partial charge is 0.251 e. The summed E-state index contributed by atoms with van der Waals surface area (Å²) in [6.45, 7) is 0.743. The highest BCUT2D eigenvalue weighted by atomic mass is 32.2. The van der Waals surface area contributed by atoms with Crippen molar-refractivity contribution in [2.24, 2.45) is 5.73 Å². The van der Waals surface area contributed by atoms with Crippen LogP contribution in [0.5, 0.6) is 0 Å². The number of carbonyl (C=O) groups is 1. The first-order valence-electron chi connectivity index (χ1n) is 5.03. The highest BCUT2D eigenvalue weighted by Gasteiger charge is 2.12. The maximum Gasteiger partial charge on any atom is 0.251 e. The van der Waals surface area contributed by atoms with E-state index in [9.17, 15) is 13.2 Å². The summed E-state index contributed by atoms with van der Waals surface area (Å²) in [5.41, 5.74) is 5.65. The van der Waals surface area contributed by atoms with E-state index in [1.807, 2.05) is 0 Å². The van der Waals surface area contributed by atoms with Crippen LogP contribution in [-0.2, 0) is 10.0 Å². The number of nitrogens with two attached hydrogens (primary N) is 1. The Morgan fingerprint density at radius 2 is 1.88 bits per heavy atom. The van der Waals surface area contributed by atoms with Crippen molar-refractivity contribution in [1.82, 2.24) is 10.0 Å². The second-order valence-corrected chi connectivity index (χ2v) is 5.16. The first-order valence-corrected chi connectivity index (χ1v) is 6.51. The Bertz CT molecular complexity index is 482. The number of rotatable bonds is 5. The summed E-state index contributed by atoms with van der Waals surface area (Å²) in [4.78, 5) is 11.6. The van der Waals surface area contributed by atoms with Gasteiger partial charge in [-0.25, -0.2) is 13.1 Å². The Kier molecular flexibility index (Phi) is 4.62. The van der Waals surface area contributed by atoms with Crippen molar-refractivity contribution in [2.75, 3.05) is 20.1 Å². The van der Waals surface area contributed by atoms with Gasteiger partial charge in [0.25, 0.3) is 5.91 Å². The first kappa shape index (κ1) is 13.6. The molecule has 0 unspecified atom stereocenters. The summed E-state index contributed by atoms with van der Waals surface area (Å²) in [5, 5.41) is 2.59. The van der Waals surface area contributed by atoms with E-state index in [2.05, 4.69) is 10.0 Å². The van der Waals surface area contributed by atoms with Crippen LogP contribution in [0.3, 0.4) is 0 Å². The summed E-state index contributed by atoms with van der Waals surface area (Å²) in [6, 6.07) is 5.67. The van der Waals surface area contributed by atoms with Crippen molar-refractivity contribution >= 4 is 15.9 Å². The van der Waals surface area contributed by atoms with Crippen LogP contribution in [0.25, 0.3) is 0 Å². The van der Waals surface area contributed by atoms with Crippen LogP contribution < -0.4 is 15.8 Å². The monoisotopic (exact) mass is 257 g/mol. The standard InChI is InChI=1S/C10H15N3O3S/c1-12-17(15,16)9-4-2-8(3-5-9)10(14)13-7-6-11/h2-5,12H,6-7,11H2,1H3,(H,13,14). The largest absolute Gasteiger partial charge is 0.351 e. The average Bonchev–Trinajstić information content (AvgIpc) is 2.36. The summed E-state index contributed by atoms with van der Waals surface area (Å²) in [5.74, 6) is -0.274. The second-order valence-electron chi connectivity index (χ2n) is 3.28. The van der Waals surface area contributed by atoms with E-state index in [1.54, 1.807) is 0 Å². The molecule has 1 aromatic carbocycles.